The summed E-state index contributed by atoms with van der Waals surface area (Å²) in [5, 5.41) is -4.48. The summed E-state index contributed by atoms with van der Waals surface area (Å²) in [4.78, 5) is 24.2. The van der Waals surface area contributed by atoms with Crippen molar-refractivity contribution in [3.8, 4) is 0 Å². The molecule has 2 saturated carbocycles. The van der Waals surface area contributed by atoms with Gasteiger partial charge < -0.3 is 14.2 Å². The maximum atomic E-state index is 13.1. The van der Waals surface area contributed by atoms with Crippen molar-refractivity contribution in [3.63, 3.8) is 0 Å². The second-order valence-corrected chi connectivity index (χ2v) is 9.30. The fourth-order valence-electron chi connectivity index (χ4n) is 4.74. The maximum Gasteiger partial charge on any atom is 0.392 e. The fraction of sp³-hybridized carbons (Fsp3) is 0.765. The second kappa shape index (κ2) is 7.34. The molecule has 1 N–H and O–H groups in total. The van der Waals surface area contributed by atoms with Crippen LogP contribution in [0.1, 0.15) is 25.7 Å². The molecule has 4 unspecified atom stereocenters. The molecule has 1 aliphatic heterocycles. The molecule has 8 nitrogen and oxygen atoms in total. The molecule has 1 saturated heterocycles. The molecule has 3 aliphatic rings. The van der Waals surface area contributed by atoms with Crippen molar-refractivity contribution >= 4 is 22.1 Å². The molecule has 1 spiro atoms. The minimum Gasteiger partial charge on any atom is -0.465 e. The zero-order chi connectivity index (χ0) is 20.7. The van der Waals surface area contributed by atoms with Gasteiger partial charge in [0.15, 0.2) is 0 Å². The number of fused-ring (bicyclic) bond motifs is 3. The Morgan fingerprint density at radius 1 is 1.39 bits per heavy atom. The first-order valence-electron chi connectivity index (χ1n) is 8.91. The highest BCUT2D eigenvalue weighted by Gasteiger charge is 2.62. The summed E-state index contributed by atoms with van der Waals surface area (Å²) < 4.78 is 70.3. The quantitative estimate of drug-likeness (QED) is 0.355. The number of ether oxygens (including phenoxy) is 3. The Morgan fingerprint density at radius 2 is 2.11 bits per heavy atom. The molecule has 2 aliphatic carbocycles. The number of carbonyl (C=O) groups excluding carboxylic acids is 2. The number of cyclic esters (lactones) is 1. The van der Waals surface area contributed by atoms with E-state index in [1.807, 2.05) is 0 Å². The summed E-state index contributed by atoms with van der Waals surface area (Å²) in [6.07, 6.45) is 3.23. The number of alkyl halides is 2. The number of esters is 2. The molecular formula is C17H22F2O8S. The van der Waals surface area contributed by atoms with E-state index in [1.165, 1.54) is 0 Å². The minimum atomic E-state index is -5.60. The lowest BCUT2D eigenvalue weighted by molar-refractivity contribution is -0.151. The third-order valence-electron chi connectivity index (χ3n) is 5.98. The molecule has 0 radical (unpaired) electrons. The lowest BCUT2D eigenvalue weighted by Crippen LogP contribution is -2.38. The van der Waals surface area contributed by atoms with Gasteiger partial charge in [0, 0.05) is 0 Å². The highest BCUT2D eigenvalue weighted by molar-refractivity contribution is 7.86. The normalized spacial score (nSPS) is 32.0. The van der Waals surface area contributed by atoms with Crippen LogP contribution >= 0.6 is 0 Å². The van der Waals surface area contributed by atoms with Gasteiger partial charge in [-0.15, -0.1) is 0 Å². The lowest BCUT2D eigenvalue weighted by atomic mass is 9.68. The first kappa shape index (κ1) is 21.1. The van der Waals surface area contributed by atoms with Crippen molar-refractivity contribution in [1.29, 1.82) is 0 Å². The minimum absolute atomic E-state index is 0.0194. The highest BCUT2D eigenvalue weighted by atomic mass is 32.2. The average molecular weight is 424 g/mol. The van der Waals surface area contributed by atoms with Crippen molar-refractivity contribution in [2.75, 3.05) is 26.4 Å². The van der Waals surface area contributed by atoms with Gasteiger partial charge in [0.2, 0.25) is 0 Å². The zero-order valence-corrected chi connectivity index (χ0v) is 15.9. The van der Waals surface area contributed by atoms with Gasteiger partial charge in [-0.05, 0) is 43.4 Å². The summed E-state index contributed by atoms with van der Waals surface area (Å²) in [6.45, 7) is 1.59. The summed E-state index contributed by atoms with van der Waals surface area (Å²) in [6, 6.07) is 0. The van der Waals surface area contributed by atoms with E-state index in [0.717, 1.165) is 19.3 Å². The maximum absolute atomic E-state index is 13.1. The molecule has 3 fully saturated rings. The molecule has 158 valence electrons. The van der Waals surface area contributed by atoms with Crippen molar-refractivity contribution < 1.29 is 45.6 Å². The summed E-state index contributed by atoms with van der Waals surface area (Å²) in [7, 11) is -5.60. The predicted octanol–water partition coefficient (Wildman–Crippen LogP) is 1.56. The fourth-order valence-corrected chi connectivity index (χ4v) is 4.97. The van der Waals surface area contributed by atoms with Crippen LogP contribution in [0.2, 0.25) is 0 Å². The SMILES string of the molecule is C=C(COCC(F)(F)S(=O)(=O)O)C(=O)OCC1CC2CC1C1(CCOC1=O)C2. The molecule has 1 heterocycles. The number of carbonyl (C=O) groups is 2. The van der Waals surface area contributed by atoms with Crippen LogP contribution in [0.25, 0.3) is 0 Å². The molecule has 4 atom stereocenters. The Labute approximate surface area is 160 Å². The topological polar surface area (TPSA) is 116 Å². The summed E-state index contributed by atoms with van der Waals surface area (Å²) in [5.74, 6) is -0.507. The van der Waals surface area contributed by atoms with Gasteiger partial charge in [0.25, 0.3) is 0 Å². The Kier molecular flexibility index (Phi) is 5.54. The monoisotopic (exact) mass is 424 g/mol. The Morgan fingerprint density at radius 3 is 2.68 bits per heavy atom. The van der Waals surface area contributed by atoms with E-state index in [9.17, 15) is 26.8 Å². The molecule has 0 aromatic carbocycles. The van der Waals surface area contributed by atoms with Gasteiger partial charge in [-0.1, -0.05) is 6.58 Å². The van der Waals surface area contributed by atoms with Gasteiger partial charge in [-0.2, -0.15) is 17.2 Å². The van der Waals surface area contributed by atoms with E-state index in [1.54, 1.807) is 0 Å². The van der Waals surface area contributed by atoms with E-state index in [0.29, 0.717) is 18.9 Å². The standard InChI is InChI=1S/C17H22F2O8S/c1-10(7-25-9-17(18,19)28(22,23)24)14(20)27-8-12-4-11-5-13(12)16(6-11)2-3-26-15(16)21/h11-13H,1-9H2,(H,22,23,24). The molecule has 28 heavy (non-hydrogen) atoms. The average Bonchev–Trinajstić information content (AvgIpc) is 3.26. The van der Waals surface area contributed by atoms with Crippen molar-refractivity contribution in [2.45, 2.75) is 30.9 Å². The lowest BCUT2D eigenvalue weighted by Gasteiger charge is -2.35. The van der Waals surface area contributed by atoms with Crippen LogP contribution in [0.15, 0.2) is 12.2 Å². The third-order valence-corrected chi connectivity index (χ3v) is 6.86. The number of halogens is 2. The van der Waals surface area contributed by atoms with Gasteiger partial charge >= 0.3 is 27.3 Å². The van der Waals surface area contributed by atoms with Gasteiger partial charge in [0.05, 0.1) is 30.8 Å². The van der Waals surface area contributed by atoms with Crippen LogP contribution < -0.4 is 0 Å². The van der Waals surface area contributed by atoms with Crippen LogP contribution in [-0.2, 0) is 33.9 Å². The molecule has 3 rings (SSSR count). The molecular weight excluding hydrogens is 402 g/mol. The predicted molar refractivity (Wildman–Crippen MR) is 89.7 cm³/mol. The highest BCUT2D eigenvalue weighted by Crippen LogP contribution is 2.62. The van der Waals surface area contributed by atoms with Crippen LogP contribution in [-0.4, -0.2) is 56.6 Å². The summed E-state index contributed by atoms with van der Waals surface area (Å²) >= 11 is 0. The van der Waals surface area contributed by atoms with Crippen LogP contribution in [0.4, 0.5) is 8.78 Å². The molecule has 0 aromatic rings. The van der Waals surface area contributed by atoms with Gasteiger partial charge in [0.1, 0.15) is 6.61 Å². The van der Waals surface area contributed by atoms with Crippen LogP contribution in [0.5, 0.6) is 0 Å². The van der Waals surface area contributed by atoms with Crippen molar-refractivity contribution in [1.82, 2.24) is 0 Å². The molecule has 2 bridgehead atoms. The molecule has 0 aromatic heterocycles. The van der Waals surface area contributed by atoms with Crippen molar-refractivity contribution in [3.05, 3.63) is 12.2 Å². The first-order valence-corrected chi connectivity index (χ1v) is 10.3. The second-order valence-electron chi connectivity index (χ2n) is 7.76. The molecule has 0 amide bonds. The Bertz CT molecular complexity index is 780. The first-order chi connectivity index (χ1) is 13.0. The largest absolute Gasteiger partial charge is 0.465 e. The van der Waals surface area contributed by atoms with E-state index in [-0.39, 0.29) is 30.0 Å². The Hall–Kier alpha value is -1.59. The van der Waals surface area contributed by atoms with E-state index in [2.05, 4.69) is 11.3 Å². The van der Waals surface area contributed by atoms with Gasteiger partial charge in [-0.3, -0.25) is 9.35 Å². The van der Waals surface area contributed by atoms with Crippen LogP contribution in [0.3, 0.4) is 0 Å². The number of hydrogen-bond donors (Lipinski definition) is 1. The van der Waals surface area contributed by atoms with Crippen LogP contribution in [0, 0.1) is 23.2 Å². The smallest absolute Gasteiger partial charge is 0.392 e. The zero-order valence-electron chi connectivity index (χ0n) is 15.1. The van der Waals surface area contributed by atoms with Gasteiger partial charge in [-0.25, -0.2) is 4.79 Å². The van der Waals surface area contributed by atoms with Crippen molar-refractivity contribution in [2.24, 2.45) is 23.2 Å². The van der Waals surface area contributed by atoms with E-state index >= 15 is 0 Å². The van der Waals surface area contributed by atoms with E-state index in [4.69, 9.17) is 14.0 Å². The number of hydrogen-bond acceptors (Lipinski definition) is 7. The molecule has 11 heteroatoms. The number of rotatable bonds is 8. The summed E-state index contributed by atoms with van der Waals surface area (Å²) in [5.41, 5.74) is -0.731. The third kappa shape index (κ3) is 3.79. The van der Waals surface area contributed by atoms with E-state index < -0.39 is 40.0 Å². The Balaban J connectivity index is 1.46.